The van der Waals surface area contributed by atoms with Crippen LogP contribution in [0.3, 0.4) is 0 Å². The van der Waals surface area contributed by atoms with Crippen LogP contribution in [-0.2, 0) is 14.3 Å². The van der Waals surface area contributed by atoms with E-state index in [1.807, 2.05) is 36.2 Å². The van der Waals surface area contributed by atoms with E-state index in [1.165, 1.54) is 7.11 Å². The minimum Gasteiger partial charge on any atom is -0.496 e. The molecule has 1 aromatic carbocycles. The topological polar surface area (TPSA) is 79.3 Å². The third kappa shape index (κ3) is 2.13. The molecule has 4 rings (SSSR count). The van der Waals surface area contributed by atoms with Crippen LogP contribution in [0.2, 0.25) is 0 Å². The first-order valence-electron chi connectivity index (χ1n) is 8.65. The fourth-order valence-electron chi connectivity index (χ4n) is 4.68. The van der Waals surface area contributed by atoms with E-state index in [-0.39, 0.29) is 24.5 Å². The van der Waals surface area contributed by atoms with Crippen LogP contribution in [0, 0.1) is 5.92 Å². The molecule has 2 bridgehead atoms. The van der Waals surface area contributed by atoms with Gasteiger partial charge in [0, 0.05) is 11.3 Å². The SMILES string of the molecule is COC(=O)[C@@H]1C[C@H]2C(=O)N3C(=Cc4cccc(OC)c4[C@@H]3CO)[C@@H]1N2C. The van der Waals surface area contributed by atoms with Gasteiger partial charge in [-0.1, -0.05) is 12.1 Å². The van der Waals surface area contributed by atoms with Crippen molar-refractivity contribution in [1.82, 2.24) is 9.80 Å². The summed E-state index contributed by atoms with van der Waals surface area (Å²) >= 11 is 0. The summed E-state index contributed by atoms with van der Waals surface area (Å²) in [7, 11) is 4.81. The molecule has 138 valence electrons. The highest BCUT2D eigenvalue weighted by Crippen LogP contribution is 2.48. The Bertz CT molecular complexity index is 805. The molecular weight excluding hydrogens is 336 g/mol. The van der Waals surface area contributed by atoms with Crippen LogP contribution < -0.4 is 4.74 Å². The zero-order valence-electron chi connectivity index (χ0n) is 15.0. The number of hydrogen-bond acceptors (Lipinski definition) is 6. The summed E-state index contributed by atoms with van der Waals surface area (Å²) in [4.78, 5) is 29.1. The first-order valence-corrected chi connectivity index (χ1v) is 8.65. The molecule has 0 unspecified atom stereocenters. The Labute approximate surface area is 151 Å². The fourth-order valence-corrected chi connectivity index (χ4v) is 4.68. The normalized spacial score (nSPS) is 29.8. The van der Waals surface area contributed by atoms with Crippen LogP contribution in [0.5, 0.6) is 5.75 Å². The van der Waals surface area contributed by atoms with E-state index >= 15 is 0 Å². The minimum atomic E-state index is -0.524. The number of aliphatic hydroxyl groups excluding tert-OH is 1. The van der Waals surface area contributed by atoms with Crippen LogP contribution in [-0.4, -0.2) is 66.7 Å². The number of piperazine rings is 1. The zero-order valence-corrected chi connectivity index (χ0v) is 15.0. The largest absolute Gasteiger partial charge is 0.496 e. The van der Waals surface area contributed by atoms with Crippen molar-refractivity contribution in [3.8, 4) is 5.75 Å². The van der Waals surface area contributed by atoms with Crippen molar-refractivity contribution in [2.24, 2.45) is 5.92 Å². The van der Waals surface area contributed by atoms with Crippen molar-refractivity contribution in [3.05, 3.63) is 35.0 Å². The maximum Gasteiger partial charge on any atom is 0.310 e. The van der Waals surface area contributed by atoms with Gasteiger partial charge >= 0.3 is 5.97 Å². The van der Waals surface area contributed by atoms with Gasteiger partial charge in [-0.2, -0.15) is 0 Å². The van der Waals surface area contributed by atoms with E-state index in [1.54, 1.807) is 12.0 Å². The van der Waals surface area contributed by atoms with Gasteiger partial charge in [-0.15, -0.1) is 0 Å². The summed E-state index contributed by atoms with van der Waals surface area (Å²) in [5.74, 6) is -0.170. The molecule has 2 saturated heterocycles. The van der Waals surface area contributed by atoms with Gasteiger partial charge in [-0.05, 0) is 31.2 Å². The highest BCUT2D eigenvalue weighted by molar-refractivity contribution is 5.91. The van der Waals surface area contributed by atoms with Gasteiger partial charge in [0.1, 0.15) is 5.75 Å². The van der Waals surface area contributed by atoms with E-state index in [9.17, 15) is 14.7 Å². The van der Waals surface area contributed by atoms with E-state index in [2.05, 4.69) is 0 Å². The van der Waals surface area contributed by atoms with E-state index in [4.69, 9.17) is 9.47 Å². The lowest BCUT2D eigenvalue weighted by atomic mass is 9.88. The molecule has 0 radical (unpaired) electrons. The summed E-state index contributed by atoms with van der Waals surface area (Å²) in [6.07, 6.45) is 2.35. The van der Waals surface area contributed by atoms with Crippen molar-refractivity contribution >= 4 is 18.0 Å². The minimum absolute atomic E-state index is 0.1000. The maximum absolute atomic E-state index is 13.2. The number of ether oxygens (including phenoxy) is 2. The van der Waals surface area contributed by atoms with Gasteiger partial charge in [0.15, 0.2) is 0 Å². The number of carbonyl (C=O) groups excluding carboxylic acids is 2. The molecular formula is C19H22N2O5. The standard InChI is InChI=1S/C19H22N2O5/c1-20-13-8-11(19(24)26-3)17(20)12-7-10-5-4-6-15(25-2)16(10)14(9-22)21(12)18(13)23/h4-7,11,13-14,17,22H,8-9H2,1-3H3/t11-,13+,14+,17-/m1/s1. The lowest BCUT2D eigenvalue weighted by Gasteiger charge is -2.46. The van der Waals surface area contributed by atoms with Gasteiger partial charge in [0.2, 0.25) is 5.91 Å². The number of aliphatic hydroxyl groups is 1. The van der Waals surface area contributed by atoms with Crippen molar-refractivity contribution in [2.45, 2.75) is 24.5 Å². The van der Waals surface area contributed by atoms with Crippen molar-refractivity contribution < 1.29 is 24.2 Å². The highest BCUT2D eigenvalue weighted by Gasteiger charge is 2.57. The Kier molecular flexibility index (Phi) is 4.00. The Balaban J connectivity index is 1.90. The quantitative estimate of drug-likeness (QED) is 0.805. The smallest absolute Gasteiger partial charge is 0.310 e. The first kappa shape index (κ1) is 17.1. The molecule has 26 heavy (non-hydrogen) atoms. The van der Waals surface area contributed by atoms with Crippen molar-refractivity contribution in [2.75, 3.05) is 27.9 Å². The average molecular weight is 358 g/mol. The number of carbonyl (C=O) groups is 2. The Hall–Kier alpha value is -2.38. The number of benzene rings is 1. The second-order valence-corrected chi connectivity index (χ2v) is 6.93. The lowest BCUT2D eigenvalue weighted by molar-refractivity contribution is -0.147. The van der Waals surface area contributed by atoms with Crippen molar-refractivity contribution in [1.29, 1.82) is 0 Å². The number of methoxy groups -OCH3 is 2. The fraction of sp³-hybridized carbons (Fsp3) is 0.474. The first-order chi connectivity index (χ1) is 12.5. The molecule has 1 amide bonds. The van der Waals surface area contributed by atoms with Gasteiger partial charge in [0.05, 0.1) is 44.9 Å². The molecule has 1 aromatic rings. The number of rotatable bonds is 3. The molecule has 0 saturated carbocycles. The summed E-state index contributed by atoms with van der Waals surface area (Å²) in [5.41, 5.74) is 2.43. The predicted molar refractivity (Wildman–Crippen MR) is 93.1 cm³/mol. The molecule has 4 atom stereocenters. The third-order valence-corrected chi connectivity index (χ3v) is 5.84. The molecule has 7 heteroatoms. The lowest BCUT2D eigenvalue weighted by Crippen LogP contribution is -2.57. The molecule has 0 aromatic heterocycles. The van der Waals surface area contributed by atoms with Gasteiger partial charge in [-0.25, -0.2) is 0 Å². The van der Waals surface area contributed by atoms with Crippen LogP contribution in [0.4, 0.5) is 0 Å². The number of hydrogen-bond donors (Lipinski definition) is 1. The van der Waals surface area contributed by atoms with E-state index in [0.717, 1.165) is 16.8 Å². The zero-order chi connectivity index (χ0) is 18.6. The molecule has 0 spiro atoms. The Morgan fingerprint density at radius 1 is 1.35 bits per heavy atom. The number of amides is 1. The van der Waals surface area contributed by atoms with Crippen LogP contribution in [0.15, 0.2) is 23.9 Å². The summed E-state index contributed by atoms with van der Waals surface area (Å²) in [6.45, 7) is -0.220. The summed E-state index contributed by atoms with van der Waals surface area (Å²) in [5, 5.41) is 10.1. The second-order valence-electron chi connectivity index (χ2n) is 6.93. The maximum atomic E-state index is 13.2. The molecule has 2 fully saturated rings. The van der Waals surface area contributed by atoms with Crippen LogP contribution in [0.1, 0.15) is 23.6 Å². The number of nitrogens with zero attached hydrogens (tertiary/aromatic N) is 2. The molecule has 7 nitrogen and oxygen atoms in total. The average Bonchev–Trinajstić information content (AvgIpc) is 2.94. The van der Waals surface area contributed by atoms with Gasteiger partial charge in [-0.3, -0.25) is 14.5 Å². The Morgan fingerprint density at radius 2 is 2.12 bits per heavy atom. The van der Waals surface area contributed by atoms with E-state index < -0.39 is 18.0 Å². The number of esters is 1. The predicted octanol–water partition coefficient (Wildman–Crippen LogP) is 0.787. The number of likely N-dealkylation sites (N-methyl/N-ethyl adjacent to an activating group) is 1. The van der Waals surface area contributed by atoms with Crippen LogP contribution >= 0.6 is 0 Å². The molecule has 3 aliphatic heterocycles. The molecule has 3 heterocycles. The highest BCUT2D eigenvalue weighted by atomic mass is 16.5. The number of fused-ring (bicyclic) bond motifs is 5. The molecule has 3 aliphatic rings. The van der Waals surface area contributed by atoms with E-state index in [0.29, 0.717) is 12.2 Å². The second kappa shape index (κ2) is 6.10. The molecule has 0 aliphatic carbocycles. The Morgan fingerprint density at radius 3 is 2.77 bits per heavy atom. The monoisotopic (exact) mass is 358 g/mol. The third-order valence-electron chi connectivity index (χ3n) is 5.84. The van der Waals surface area contributed by atoms with Crippen molar-refractivity contribution in [3.63, 3.8) is 0 Å². The molecule has 1 N–H and O–H groups in total. The summed E-state index contributed by atoms with van der Waals surface area (Å²) < 4.78 is 10.4. The van der Waals surface area contributed by atoms with Gasteiger partial charge < -0.3 is 19.5 Å². The summed E-state index contributed by atoms with van der Waals surface area (Å²) in [6, 6.07) is 4.47. The van der Waals surface area contributed by atoms with Gasteiger partial charge in [0.25, 0.3) is 0 Å². The van der Waals surface area contributed by atoms with Crippen LogP contribution in [0.25, 0.3) is 6.08 Å².